The molecule has 29 heavy (non-hydrogen) atoms. The Morgan fingerprint density at radius 2 is 1.38 bits per heavy atom. The lowest BCUT2D eigenvalue weighted by atomic mass is 10.1. The molecule has 3 nitrogen and oxygen atoms in total. The van der Waals surface area contributed by atoms with Crippen LogP contribution in [0.1, 0.15) is 105 Å². The zero-order chi connectivity index (χ0) is 22.0. The van der Waals surface area contributed by atoms with Gasteiger partial charge in [-0.1, -0.05) is 75.5 Å². The minimum absolute atomic E-state index is 0.0876. The molecule has 0 aliphatic heterocycles. The summed E-state index contributed by atoms with van der Waals surface area (Å²) < 4.78 is 6.15. The Balaban J connectivity index is 3.79. The van der Waals surface area contributed by atoms with Gasteiger partial charge >= 0.3 is 5.97 Å². The first-order chi connectivity index (χ1) is 13.8. The molecular weight excluding hydrogens is 358 g/mol. The highest BCUT2D eigenvalue weighted by atomic mass is 16.5. The average Bonchev–Trinajstić information content (AvgIpc) is 2.62. The molecule has 0 aromatic heterocycles. The molecule has 0 atom stereocenters. The van der Waals surface area contributed by atoms with Gasteiger partial charge in [0.15, 0.2) is 6.54 Å². The van der Waals surface area contributed by atoms with Crippen molar-refractivity contribution in [2.45, 2.75) is 105 Å². The molecule has 0 aliphatic rings. The standard InChI is InChI=1S/C26H50NO2/c1-7-8-9-10-11-12-13-14-15-16-21-27(5,6)23-26(28)29-22-20-25(4)19-17-18-24(2)3/h18,20H,7-17,19,21-23H2,1-6H3/q+1/b25-20+. The van der Waals surface area contributed by atoms with Crippen LogP contribution in [0.15, 0.2) is 23.3 Å². The second-order valence-electron chi connectivity index (χ2n) is 9.55. The zero-order valence-electron chi connectivity index (χ0n) is 20.5. The number of hydrogen-bond acceptors (Lipinski definition) is 2. The van der Waals surface area contributed by atoms with Crippen LogP contribution in [0.3, 0.4) is 0 Å². The molecule has 0 unspecified atom stereocenters. The molecule has 0 aromatic carbocycles. The number of carbonyl (C=O) groups is 1. The van der Waals surface area contributed by atoms with Crippen molar-refractivity contribution in [3.63, 3.8) is 0 Å². The Bertz CT molecular complexity index is 473. The van der Waals surface area contributed by atoms with E-state index < -0.39 is 0 Å². The first kappa shape index (κ1) is 27.9. The lowest BCUT2D eigenvalue weighted by molar-refractivity contribution is -0.883. The predicted octanol–water partition coefficient (Wildman–Crippen LogP) is 7.22. The van der Waals surface area contributed by atoms with Crippen LogP contribution in [0.4, 0.5) is 0 Å². The van der Waals surface area contributed by atoms with Gasteiger partial charge in [0.25, 0.3) is 0 Å². The second kappa shape index (κ2) is 17.7. The van der Waals surface area contributed by atoms with E-state index in [0.29, 0.717) is 13.2 Å². The number of carbonyl (C=O) groups excluding carboxylic acids is 1. The van der Waals surface area contributed by atoms with Crippen LogP contribution in [-0.4, -0.2) is 44.2 Å². The normalized spacial score (nSPS) is 12.1. The van der Waals surface area contributed by atoms with E-state index in [4.69, 9.17) is 4.74 Å². The Morgan fingerprint density at radius 1 is 0.828 bits per heavy atom. The van der Waals surface area contributed by atoms with Crippen molar-refractivity contribution in [2.24, 2.45) is 0 Å². The number of unbranched alkanes of at least 4 members (excludes halogenated alkanes) is 9. The van der Waals surface area contributed by atoms with E-state index >= 15 is 0 Å². The number of likely N-dealkylation sites (N-methyl/N-ethyl adjacent to an activating group) is 1. The van der Waals surface area contributed by atoms with E-state index in [9.17, 15) is 4.79 Å². The van der Waals surface area contributed by atoms with Crippen molar-refractivity contribution in [3.8, 4) is 0 Å². The number of nitrogens with zero attached hydrogens (tertiary/aromatic N) is 1. The maximum Gasteiger partial charge on any atom is 0.362 e. The molecule has 0 heterocycles. The molecule has 0 bridgehead atoms. The van der Waals surface area contributed by atoms with E-state index in [2.05, 4.69) is 47.9 Å². The number of allylic oxidation sites excluding steroid dienone is 3. The third kappa shape index (κ3) is 20.0. The predicted molar refractivity (Wildman–Crippen MR) is 127 cm³/mol. The Hall–Kier alpha value is -1.09. The van der Waals surface area contributed by atoms with Gasteiger partial charge in [-0.15, -0.1) is 0 Å². The van der Waals surface area contributed by atoms with Crippen molar-refractivity contribution < 1.29 is 14.0 Å². The van der Waals surface area contributed by atoms with Crippen LogP contribution in [-0.2, 0) is 9.53 Å². The minimum atomic E-state index is -0.0876. The first-order valence-corrected chi connectivity index (χ1v) is 12.0. The maximum absolute atomic E-state index is 12.1. The van der Waals surface area contributed by atoms with Gasteiger partial charge in [-0.3, -0.25) is 0 Å². The highest BCUT2D eigenvalue weighted by Gasteiger charge is 2.20. The molecule has 0 fully saturated rings. The topological polar surface area (TPSA) is 26.3 Å². The quantitative estimate of drug-likeness (QED) is 0.104. The number of rotatable bonds is 18. The lowest BCUT2D eigenvalue weighted by Gasteiger charge is -2.28. The Kier molecular flexibility index (Phi) is 17.1. The van der Waals surface area contributed by atoms with Crippen LogP contribution in [0.2, 0.25) is 0 Å². The smallest absolute Gasteiger partial charge is 0.362 e. The molecular formula is C26H50NO2+. The maximum atomic E-state index is 12.1. The highest BCUT2D eigenvalue weighted by Crippen LogP contribution is 2.12. The van der Waals surface area contributed by atoms with Crippen LogP contribution in [0.25, 0.3) is 0 Å². The SMILES string of the molecule is CCCCCCCCCCCC[N+](C)(C)CC(=O)OC/C=C(\C)CCC=C(C)C. The molecule has 0 saturated carbocycles. The molecule has 0 spiro atoms. The third-order valence-electron chi connectivity index (χ3n) is 5.44. The highest BCUT2D eigenvalue weighted by molar-refractivity contribution is 5.70. The van der Waals surface area contributed by atoms with Gasteiger partial charge in [-0.25, -0.2) is 4.79 Å². The summed E-state index contributed by atoms with van der Waals surface area (Å²) in [6.07, 6.45) is 19.9. The first-order valence-electron chi connectivity index (χ1n) is 12.0. The fraction of sp³-hybridized carbons (Fsp3) is 0.808. The van der Waals surface area contributed by atoms with E-state index in [-0.39, 0.29) is 5.97 Å². The van der Waals surface area contributed by atoms with Gasteiger partial charge in [-0.05, 0) is 52.5 Å². The molecule has 0 aromatic rings. The summed E-state index contributed by atoms with van der Waals surface area (Å²) in [5, 5.41) is 0. The molecule has 0 amide bonds. The third-order valence-corrected chi connectivity index (χ3v) is 5.44. The van der Waals surface area contributed by atoms with Gasteiger partial charge in [0.1, 0.15) is 6.61 Å². The van der Waals surface area contributed by atoms with Gasteiger partial charge in [0, 0.05) is 0 Å². The summed E-state index contributed by atoms with van der Waals surface area (Å²) in [6, 6.07) is 0. The van der Waals surface area contributed by atoms with Gasteiger partial charge in [-0.2, -0.15) is 0 Å². The average molecular weight is 409 g/mol. The second-order valence-corrected chi connectivity index (χ2v) is 9.55. The van der Waals surface area contributed by atoms with Gasteiger partial charge < -0.3 is 9.22 Å². The zero-order valence-corrected chi connectivity index (χ0v) is 20.5. The monoisotopic (exact) mass is 408 g/mol. The van der Waals surface area contributed by atoms with Crippen LogP contribution in [0.5, 0.6) is 0 Å². The van der Waals surface area contributed by atoms with E-state index in [1.165, 1.54) is 75.4 Å². The van der Waals surface area contributed by atoms with Crippen molar-refractivity contribution in [1.29, 1.82) is 0 Å². The van der Waals surface area contributed by atoms with Gasteiger partial charge in [0.2, 0.25) is 0 Å². The molecule has 0 radical (unpaired) electrons. The summed E-state index contributed by atoms with van der Waals surface area (Å²) in [5.41, 5.74) is 2.64. The van der Waals surface area contributed by atoms with Gasteiger partial charge in [0.05, 0.1) is 20.6 Å². The summed E-state index contributed by atoms with van der Waals surface area (Å²) in [5.74, 6) is -0.0876. The summed E-state index contributed by atoms with van der Waals surface area (Å²) in [4.78, 5) is 12.1. The molecule has 0 rings (SSSR count). The summed E-state index contributed by atoms with van der Waals surface area (Å²) in [7, 11) is 4.27. The molecule has 0 saturated heterocycles. The Morgan fingerprint density at radius 3 is 1.93 bits per heavy atom. The fourth-order valence-electron chi connectivity index (χ4n) is 3.47. The van der Waals surface area contributed by atoms with Crippen molar-refractivity contribution in [3.05, 3.63) is 23.3 Å². The van der Waals surface area contributed by atoms with Crippen molar-refractivity contribution >= 4 is 5.97 Å². The molecule has 0 N–H and O–H groups in total. The molecule has 170 valence electrons. The number of hydrogen-bond donors (Lipinski definition) is 0. The molecule has 0 aliphatic carbocycles. The van der Waals surface area contributed by atoms with E-state index in [1.54, 1.807) is 0 Å². The largest absolute Gasteiger partial charge is 0.457 e. The van der Waals surface area contributed by atoms with E-state index in [0.717, 1.165) is 23.9 Å². The Labute approximate surface area is 182 Å². The molecule has 3 heteroatoms. The van der Waals surface area contributed by atoms with Crippen molar-refractivity contribution in [1.82, 2.24) is 0 Å². The number of quaternary nitrogens is 1. The van der Waals surface area contributed by atoms with Crippen LogP contribution in [0, 0.1) is 0 Å². The lowest BCUT2D eigenvalue weighted by Crippen LogP contribution is -2.45. The fourth-order valence-corrected chi connectivity index (χ4v) is 3.47. The number of ether oxygens (including phenoxy) is 1. The summed E-state index contributed by atoms with van der Waals surface area (Å²) >= 11 is 0. The van der Waals surface area contributed by atoms with Crippen molar-refractivity contribution in [2.75, 3.05) is 33.8 Å². The minimum Gasteiger partial charge on any atom is -0.457 e. The summed E-state index contributed by atoms with van der Waals surface area (Å²) in [6.45, 7) is 10.5. The number of esters is 1. The van der Waals surface area contributed by atoms with Crippen LogP contribution >= 0.6 is 0 Å². The van der Waals surface area contributed by atoms with Crippen LogP contribution < -0.4 is 0 Å². The van der Waals surface area contributed by atoms with E-state index in [1.807, 2.05) is 6.08 Å².